The van der Waals surface area contributed by atoms with E-state index in [2.05, 4.69) is 34.9 Å². The molecule has 0 atom stereocenters. The van der Waals surface area contributed by atoms with Gasteiger partial charge in [-0.3, -0.25) is 0 Å². The number of anilines is 1. The monoisotopic (exact) mass is 356 g/mol. The Morgan fingerprint density at radius 2 is 1.80 bits per heavy atom. The van der Waals surface area contributed by atoms with Gasteiger partial charge < -0.3 is 10.6 Å². The van der Waals surface area contributed by atoms with Gasteiger partial charge in [-0.25, -0.2) is 4.79 Å². The van der Waals surface area contributed by atoms with Crippen molar-refractivity contribution in [1.82, 2.24) is 5.32 Å². The van der Waals surface area contributed by atoms with E-state index in [0.717, 1.165) is 24.1 Å². The first kappa shape index (κ1) is 17.8. The summed E-state index contributed by atoms with van der Waals surface area (Å²) in [7, 11) is 0. The van der Waals surface area contributed by atoms with E-state index in [1.54, 1.807) is 6.07 Å². The molecule has 25 heavy (non-hydrogen) atoms. The van der Waals surface area contributed by atoms with Crippen molar-refractivity contribution >= 4 is 23.3 Å². The first-order valence-corrected chi connectivity index (χ1v) is 9.33. The summed E-state index contributed by atoms with van der Waals surface area (Å²) in [6.45, 7) is 2.61. The first-order chi connectivity index (χ1) is 12.1. The highest BCUT2D eigenvalue weighted by Gasteiger charge is 2.34. The molecule has 0 bridgehead atoms. The fraction of sp³-hybridized carbons (Fsp3) is 0.381. The smallest absolute Gasteiger partial charge is 0.319 e. The van der Waals surface area contributed by atoms with E-state index in [0.29, 0.717) is 11.6 Å². The average molecular weight is 357 g/mol. The standard InChI is InChI=1S/C21H25ClN2O/c1-16-10-11-18(22)14-19(16)24-20(25)23-15-21(12-6-3-7-13-21)17-8-4-2-5-9-17/h2,4-5,8-11,14H,3,6-7,12-13,15H2,1H3,(H2,23,24,25). The summed E-state index contributed by atoms with van der Waals surface area (Å²) in [6.07, 6.45) is 5.95. The number of amides is 2. The Balaban J connectivity index is 1.69. The zero-order chi connectivity index (χ0) is 17.7. The molecule has 2 N–H and O–H groups in total. The minimum absolute atomic E-state index is 0.0419. The highest BCUT2D eigenvalue weighted by molar-refractivity contribution is 6.31. The summed E-state index contributed by atoms with van der Waals surface area (Å²) in [4.78, 5) is 12.4. The number of hydrogen-bond acceptors (Lipinski definition) is 1. The summed E-state index contributed by atoms with van der Waals surface area (Å²) in [6, 6.07) is 15.9. The number of nitrogens with one attached hydrogen (secondary N) is 2. The lowest BCUT2D eigenvalue weighted by molar-refractivity contribution is 0.240. The third-order valence-corrected chi connectivity index (χ3v) is 5.47. The Morgan fingerprint density at radius 3 is 2.52 bits per heavy atom. The number of rotatable bonds is 4. The van der Waals surface area contributed by atoms with Crippen molar-refractivity contribution in [3.05, 3.63) is 64.7 Å². The molecular weight excluding hydrogens is 332 g/mol. The maximum atomic E-state index is 12.4. The first-order valence-electron chi connectivity index (χ1n) is 8.96. The van der Waals surface area contributed by atoms with Crippen LogP contribution in [0.25, 0.3) is 0 Å². The molecule has 1 fully saturated rings. The van der Waals surface area contributed by atoms with Crippen LogP contribution in [0.3, 0.4) is 0 Å². The molecule has 0 unspecified atom stereocenters. The summed E-state index contributed by atoms with van der Waals surface area (Å²) in [5.41, 5.74) is 3.12. The molecule has 4 heteroatoms. The second-order valence-corrected chi connectivity index (χ2v) is 7.41. The highest BCUT2D eigenvalue weighted by Crippen LogP contribution is 2.38. The Kier molecular flexibility index (Phi) is 5.64. The van der Waals surface area contributed by atoms with Gasteiger partial charge >= 0.3 is 6.03 Å². The number of halogens is 1. The van der Waals surface area contributed by atoms with Crippen molar-refractivity contribution < 1.29 is 4.79 Å². The number of urea groups is 1. The lowest BCUT2D eigenvalue weighted by atomic mass is 9.69. The Hall–Kier alpha value is -2.00. The van der Waals surface area contributed by atoms with E-state index >= 15 is 0 Å². The molecule has 0 aromatic heterocycles. The number of hydrogen-bond donors (Lipinski definition) is 2. The molecule has 2 aromatic rings. The van der Waals surface area contributed by atoms with Gasteiger partial charge in [0.15, 0.2) is 0 Å². The van der Waals surface area contributed by atoms with E-state index in [1.807, 2.05) is 25.1 Å². The average Bonchev–Trinajstić information content (AvgIpc) is 2.65. The Bertz CT molecular complexity index is 724. The molecule has 0 spiro atoms. The quantitative estimate of drug-likeness (QED) is 0.727. The zero-order valence-electron chi connectivity index (χ0n) is 14.6. The predicted molar refractivity (Wildman–Crippen MR) is 104 cm³/mol. The number of aryl methyl sites for hydroxylation is 1. The van der Waals surface area contributed by atoms with Gasteiger partial charge in [0, 0.05) is 22.7 Å². The number of carbonyl (C=O) groups excluding carboxylic acids is 1. The fourth-order valence-electron chi connectivity index (χ4n) is 3.73. The minimum atomic E-state index is -0.175. The van der Waals surface area contributed by atoms with Gasteiger partial charge in [-0.15, -0.1) is 0 Å². The summed E-state index contributed by atoms with van der Waals surface area (Å²) < 4.78 is 0. The normalized spacial score (nSPS) is 16.2. The molecule has 2 aromatic carbocycles. The largest absolute Gasteiger partial charge is 0.337 e. The van der Waals surface area contributed by atoms with Crippen LogP contribution in [0, 0.1) is 6.92 Å². The second-order valence-electron chi connectivity index (χ2n) is 6.97. The minimum Gasteiger partial charge on any atom is -0.337 e. The molecule has 3 rings (SSSR count). The van der Waals surface area contributed by atoms with Crippen molar-refractivity contribution in [3.63, 3.8) is 0 Å². The van der Waals surface area contributed by atoms with Crippen LogP contribution in [0.4, 0.5) is 10.5 Å². The topological polar surface area (TPSA) is 41.1 Å². The lowest BCUT2D eigenvalue weighted by Crippen LogP contribution is -2.43. The van der Waals surface area contributed by atoms with Gasteiger partial charge in [-0.2, -0.15) is 0 Å². The van der Waals surface area contributed by atoms with E-state index in [4.69, 9.17) is 11.6 Å². The van der Waals surface area contributed by atoms with Crippen LogP contribution in [0.5, 0.6) is 0 Å². The van der Waals surface area contributed by atoms with Gasteiger partial charge in [0.05, 0.1) is 0 Å². The maximum Gasteiger partial charge on any atom is 0.319 e. The van der Waals surface area contributed by atoms with Crippen LogP contribution in [0.2, 0.25) is 5.02 Å². The van der Waals surface area contributed by atoms with Crippen LogP contribution in [-0.2, 0) is 5.41 Å². The van der Waals surface area contributed by atoms with Gasteiger partial charge in [-0.1, -0.05) is 67.3 Å². The van der Waals surface area contributed by atoms with Gasteiger partial charge in [0.25, 0.3) is 0 Å². The molecule has 0 saturated heterocycles. The fourth-order valence-corrected chi connectivity index (χ4v) is 3.90. The van der Waals surface area contributed by atoms with Gasteiger partial charge in [-0.05, 0) is 43.0 Å². The molecule has 2 amide bonds. The van der Waals surface area contributed by atoms with Crippen LogP contribution < -0.4 is 10.6 Å². The van der Waals surface area contributed by atoms with Crippen LogP contribution in [0.15, 0.2) is 48.5 Å². The molecule has 1 saturated carbocycles. The maximum absolute atomic E-state index is 12.4. The molecule has 1 aliphatic carbocycles. The summed E-state index contributed by atoms with van der Waals surface area (Å²) in [5, 5.41) is 6.64. The third-order valence-electron chi connectivity index (χ3n) is 5.23. The molecule has 132 valence electrons. The lowest BCUT2D eigenvalue weighted by Gasteiger charge is -2.38. The molecule has 0 radical (unpaired) electrons. The number of benzene rings is 2. The molecule has 0 heterocycles. The van der Waals surface area contributed by atoms with Gasteiger partial charge in [0.2, 0.25) is 0 Å². The third kappa shape index (κ3) is 4.35. The van der Waals surface area contributed by atoms with Crippen molar-refractivity contribution in [3.8, 4) is 0 Å². The van der Waals surface area contributed by atoms with E-state index in [1.165, 1.54) is 24.8 Å². The highest BCUT2D eigenvalue weighted by atomic mass is 35.5. The zero-order valence-corrected chi connectivity index (χ0v) is 15.4. The summed E-state index contributed by atoms with van der Waals surface area (Å²) >= 11 is 6.03. The second kappa shape index (κ2) is 7.92. The number of carbonyl (C=O) groups is 1. The predicted octanol–water partition coefficient (Wildman–Crippen LogP) is 5.67. The van der Waals surface area contributed by atoms with Crippen LogP contribution in [-0.4, -0.2) is 12.6 Å². The van der Waals surface area contributed by atoms with Crippen LogP contribution >= 0.6 is 11.6 Å². The molecule has 0 aliphatic heterocycles. The van der Waals surface area contributed by atoms with Crippen molar-refractivity contribution in [2.45, 2.75) is 44.4 Å². The molecule has 1 aliphatic rings. The van der Waals surface area contributed by atoms with E-state index in [9.17, 15) is 4.79 Å². The SMILES string of the molecule is Cc1ccc(Cl)cc1NC(=O)NCC1(c2ccccc2)CCCCC1. The molecular formula is C21H25ClN2O. The van der Waals surface area contributed by atoms with Crippen molar-refractivity contribution in [2.24, 2.45) is 0 Å². The summed E-state index contributed by atoms with van der Waals surface area (Å²) in [5.74, 6) is 0. The van der Waals surface area contributed by atoms with Crippen LogP contribution in [0.1, 0.15) is 43.2 Å². The van der Waals surface area contributed by atoms with Gasteiger partial charge in [0.1, 0.15) is 0 Å². The van der Waals surface area contributed by atoms with E-state index in [-0.39, 0.29) is 11.4 Å². The van der Waals surface area contributed by atoms with Crippen molar-refractivity contribution in [1.29, 1.82) is 0 Å². The van der Waals surface area contributed by atoms with Crippen molar-refractivity contribution in [2.75, 3.05) is 11.9 Å². The Labute approximate surface area is 154 Å². The van der Waals surface area contributed by atoms with E-state index < -0.39 is 0 Å². The molecule has 3 nitrogen and oxygen atoms in total. The Morgan fingerprint density at radius 1 is 1.08 bits per heavy atom.